The van der Waals surface area contributed by atoms with Gasteiger partial charge in [-0.05, 0) is 41.5 Å². The average molecular weight is 442 g/mol. The van der Waals surface area contributed by atoms with Crippen LogP contribution in [0.25, 0.3) is 10.8 Å². The van der Waals surface area contributed by atoms with E-state index in [1.165, 1.54) is 6.92 Å². The van der Waals surface area contributed by atoms with Crippen LogP contribution in [0.4, 0.5) is 0 Å². The Balaban J connectivity index is 1.44. The van der Waals surface area contributed by atoms with Crippen LogP contribution in [0.5, 0.6) is 0 Å². The number of carbonyl (C=O) groups is 2. The smallest absolute Gasteiger partial charge is 0.302 e. The first-order chi connectivity index (χ1) is 15.9. The third kappa shape index (κ3) is 3.17. The third-order valence-corrected chi connectivity index (χ3v) is 7.99. The highest BCUT2D eigenvalue weighted by Gasteiger charge is 2.58. The van der Waals surface area contributed by atoms with E-state index in [0.29, 0.717) is 6.42 Å². The van der Waals surface area contributed by atoms with Crippen molar-refractivity contribution in [2.75, 3.05) is 0 Å². The minimum Gasteiger partial charge on any atom is -0.489 e. The number of allylic oxidation sites excluding steroid dienone is 4. The van der Waals surface area contributed by atoms with E-state index in [9.17, 15) is 9.59 Å². The Morgan fingerprint density at radius 2 is 2.09 bits per heavy atom. The summed E-state index contributed by atoms with van der Waals surface area (Å²) in [6.45, 7) is 3.74. The molecule has 5 atom stereocenters. The second-order valence-corrected chi connectivity index (χ2v) is 9.95. The van der Waals surface area contributed by atoms with Crippen LogP contribution in [0.3, 0.4) is 0 Å². The number of rotatable bonds is 2. The summed E-state index contributed by atoms with van der Waals surface area (Å²) in [6.07, 6.45) is 12.7. The lowest BCUT2D eigenvalue weighted by Crippen LogP contribution is -2.41. The molecule has 1 aliphatic heterocycles. The largest absolute Gasteiger partial charge is 0.489 e. The molecule has 1 aromatic carbocycles. The van der Waals surface area contributed by atoms with Gasteiger partial charge in [-0.2, -0.15) is 0 Å². The lowest BCUT2D eigenvalue weighted by atomic mass is 9.64. The van der Waals surface area contributed by atoms with Crippen LogP contribution in [0.1, 0.15) is 51.0 Å². The van der Waals surface area contributed by atoms with Crippen molar-refractivity contribution < 1.29 is 19.1 Å². The minimum atomic E-state index is -0.260. The van der Waals surface area contributed by atoms with Gasteiger partial charge in [-0.15, -0.1) is 0 Å². The maximum absolute atomic E-state index is 12.4. The topological polar surface area (TPSA) is 65.5 Å². The van der Waals surface area contributed by atoms with Crippen molar-refractivity contribution in [1.82, 2.24) is 4.98 Å². The van der Waals surface area contributed by atoms with Gasteiger partial charge in [0.15, 0.2) is 5.78 Å². The normalized spacial score (nSPS) is 32.5. The molecule has 2 aromatic rings. The quantitative estimate of drug-likeness (QED) is 0.601. The first-order valence-electron chi connectivity index (χ1n) is 11.8. The molecule has 1 saturated carbocycles. The fraction of sp³-hybridized carbons (Fsp3) is 0.393. The van der Waals surface area contributed by atoms with Crippen molar-refractivity contribution in [3.63, 3.8) is 0 Å². The molecule has 0 radical (unpaired) electrons. The second kappa shape index (κ2) is 7.41. The summed E-state index contributed by atoms with van der Waals surface area (Å²) in [5.41, 5.74) is 2.71. The summed E-state index contributed by atoms with van der Waals surface area (Å²) >= 11 is 0. The predicted molar refractivity (Wildman–Crippen MR) is 124 cm³/mol. The number of pyridine rings is 1. The molecule has 0 bridgehead atoms. The lowest BCUT2D eigenvalue weighted by molar-refractivity contribution is -0.147. The van der Waals surface area contributed by atoms with E-state index in [1.54, 1.807) is 6.20 Å². The number of esters is 1. The molecular weight excluding hydrogens is 414 g/mol. The van der Waals surface area contributed by atoms with Gasteiger partial charge in [-0.25, -0.2) is 0 Å². The molecule has 168 valence electrons. The van der Waals surface area contributed by atoms with Gasteiger partial charge >= 0.3 is 5.97 Å². The van der Waals surface area contributed by atoms with Gasteiger partial charge in [0.2, 0.25) is 0 Å². The van der Waals surface area contributed by atoms with E-state index < -0.39 is 0 Å². The monoisotopic (exact) mass is 441 g/mol. The van der Waals surface area contributed by atoms with Crippen LogP contribution in [0.15, 0.2) is 71.8 Å². The molecule has 0 N–H and O–H groups in total. The molecule has 0 spiro atoms. The van der Waals surface area contributed by atoms with E-state index in [4.69, 9.17) is 9.47 Å². The maximum Gasteiger partial charge on any atom is 0.302 e. The number of ketones is 1. The minimum absolute atomic E-state index is 0.00808. The van der Waals surface area contributed by atoms with Crippen molar-refractivity contribution in [2.24, 2.45) is 11.3 Å². The van der Waals surface area contributed by atoms with E-state index in [1.807, 2.05) is 18.3 Å². The van der Waals surface area contributed by atoms with Crippen LogP contribution in [0, 0.1) is 11.3 Å². The van der Waals surface area contributed by atoms with Crippen LogP contribution < -0.4 is 0 Å². The molecule has 4 aliphatic rings. The van der Waals surface area contributed by atoms with Crippen molar-refractivity contribution in [2.45, 2.75) is 57.7 Å². The third-order valence-electron chi connectivity index (χ3n) is 7.99. The van der Waals surface area contributed by atoms with Crippen molar-refractivity contribution in [1.29, 1.82) is 0 Å². The second-order valence-electron chi connectivity index (χ2n) is 9.95. The number of ether oxygens (including phenoxy) is 2. The standard InChI is InChI=1S/C28H27NO4/c1-16(30)32-25-14-22-27-19(13-21-23(31)4-3-5-24(21)33-27)8-10-28(22,2)26(25)18-6-7-20-15-29-11-9-17(20)12-18/h6-13,15,22,25-27H,3-5,14H2,1-2H3/t22-,25+,26-,27+,28-/m0/s1. The fourth-order valence-corrected chi connectivity index (χ4v) is 6.47. The number of carbonyl (C=O) groups excluding carboxylic acids is 2. The number of benzene rings is 1. The molecule has 0 amide bonds. The zero-order valence-corrected chi connectivity index (χ0v) is 18.9. The predicted octanol–water partition coefficient (Wildman–Crippen LogP) is 5.18. The Morgan fingerprint density at radius 3 is 2.94 bits per heavy atom. The molecule has 5 heteroatoms. The van der Waals surface area contributed by atoms with Gasteiger partial charge in [0.05, 0.1) is 5.57 Å². The van der Waals surface area contributed by atoms with E-state index >= 15 is 0 Å². The van der Waals surface area contributed by atoms with Gasteiger partial charge in [-0.1, -0.05) is 37.3 Å². The first-order valence-corrected chi connectivity index (χ1v) is 11.8. The van der Waals surface area contributed by atoms with Crippen LogP contribution in [-0.4, -0.2) is 28.9 Å². The van der Waals surface area contributed by atoms with Gasteiger partial charge in [0.1, 0.15) is 18.0 Å². The fourth-order valence-electron chi connectivity index (χ4n) is 6.47. The molecule has 1 fully saturated rings. The van der Waals surface area contributed by atoms with Crippen molar-refractivity contribution in [3.05, 3.63) is 77.4 Å². The molecule has 6 rings (SSSR count). The molecule has 3 aliphatic carbocycles. The van der Waals surface area contributed by atoms with Crippen molar-refractivity contribution in [3.8, 4) is 0 Å². The highest BCUT2D eigenvalue weighted by molar-refractivity contribution is 5.99. The van der Waals surface area contributed by atoms with E-state index in [-0.39, 0.29) is 41.2 Å². The Morgan fingerprint density at radius 1 is 1.21 bits per heavy atom. The van der Waals surface area contributed by atoms with Crippen LogP contribution >= 0.6 is 0 Å². The maximum atomic E-state index is 12.4. The summed E-state index contributed by atoms with van der Waals surface area (Å²) in [5.74, 6) is 0.903. The number of hydrogen-bond acceptors (Lipinski definition) is 5. The lowest BCUT2D eigenvalue weighted by Gasteiger charge is -2.44. The van der Waals surface area contributed by atoms with Crippen molar-refractivity contribution >= 4 is 22.5 Å². The Kier molecular flexibility index (Phi) is 4.58. The Hall–Kier alpha value is -3.21. The van der Waals surface area contributed by atoms with Gasteiger partial charge < -0.3 is 9.47 Å². The molecule has 5 nitrogen and oxygen atoms in total. The van der Waals surface area contributed by atoms with E-state index in [2.05, 4.69) is 42.3 Å². The van der Waals surface area contributed by atoms with Crippen LogP contribution in [-0.2, 0) is 19.1 Å². The zero-order chi connectivity index (χ0) is 22.7. The number of nitrogens with zero attached hydrogens (tertiary/aromatic N) is 1. The summed E-state index contributed by atoms with van der Waals surface area (Å²) < 4.78 is 12.5. The molecule has 2 heterocycles. The summed E-state index contributed by atoms with van der Waals surface area (Å²) in [7, 11) is 0. The first kappa shape index (κ1) is 20.4. The number of fused-ring (bicyclic) bond motifs is 4. The number of hydrogen-bond donors (Lipinski definition) is 0. The highest BCUT2D eigenvalue weighted by Crippen LogP contribution is 2.60. The zero-order valence-electron chi connectivity index (χ0n) is 18.9. The Bertz CT molecular complexity index is 1270. The summed E-state index contributed by atoms with van der Waals surface area (Å²) in [4.78, 5) is 28.7. The molecular formula is C28H27NO4. The average Bonchev–Trinajstić information content (AvgIpc) is 3.09. The Labute approximate surface area is 193 Å². The molecule has 0 saturated heterocycles. The molecule has 0 unspecified atom stereocenters. The summed E-state index contributed by atoms with van der Waals surface area (Å²) in [6, 6.07) is 8.45. The molecule has 1 aromatic heterocycles. The van der Waals surface area contributed by atoms with Gasteiger partial charge in [-0.3, -0.25) is 14.6 Å². The number of aromatic nitrogens is 1. The van der Waals surface area contributed by atoms with Crippen LogP contribution in [0.2, 0.25) is 0 Å². The number of Topliss-reactive ketones (excluding diaryl/α,β-unsaturated/α-hetero) is 1. The SMILES string of the molecule is CC(=O)O[C@@H]1C[C@H]2[C@@H]3OC4=C(C=C3C=C[C@]2(C)[C@H]1c1ccc2cnccc2c1)C(=O)CCC4. The van der Waals surface area contributed by atoms with E-state index in [0.717, 1.165) is 52.5 Å². The van der Waals surface area contributed by atoms with Gasteiger partial charge in [0, 0.05) is 54.8 Å². The molecule has 33 heavy (non-hydrogen) atoms. The van der Waals surface area contributed by atoms with Gasteiger partial charge in [0.25, 0.3) is 0 Å². The highest BCUT2D eigenvalue weighted by atomic mass is 16.5. The summed E-state index contributed by atoms with van der Waals surface area (Å²) in [5, 5.41) is 2.22.